The lowest BCUT2D eigenvalue weighted by Crippen LogP contribution is -1.91. The third-order valence-corrected chi connectivity index (χ3v) is 8.19. The predicted octanol–water partition coefficient (Wildman–Crippen LogP) is 13.2. The number of hydrogen-bond donors (Lipinski definition) is 0. The summed E-state index contributed by atoms with van der Waals surface area (Å²) in [4.78, 5) is 0. The monoisotopic (exact) mass is 616 g/mol. The average molecular weight is 617 g/mol. The summed E-state index contributed by atoms with van der Waals surface area (Å²) in [6, 6.07) is 0.857. The van der Waals surface area contributed by atoms with E-state index in [0.717, 1.165) is 0 Å². The molecule has 0 atom stereocenters. The Hall–Kier alpha value is -6.18. The fourth-order valence-corrected chi connectivity index (χ4v) is 6.15. The summed E-state index contributed by atoms with van der Waals surface area (Å²) in [7, 11) is 0. The Kier molecular flexibility index (Phi) is 2.87. The quantitative estimate of drug-likeness (QED) is 0.180. The number of fused-ring (bicyclic) bond motifs is 7. The van der Waals surface area contributed by atoms with Crippen molar-refractivity contribution >= 4 is 65.0 Å². The second kappa shape index (κ2) is 10.2. The van der Waals surface area contributed by atoms with Crippen LogP contribution in [0.5, 0.6) is 0 Å². The fraction of sp³-hybridized carbons (Fsp3) is 0. The van der Waals surface area contributed by atoms with Gasteiger partial charge >= 0.3 is 0 Å². The molecule has 1 heterocycles. The molecule has 0 amide bonds. The molecule has 0 unspecified atom stereocenters. The maximum atomic E-state index is 9.78. The Bertz CT molecular complexity index is 3930. The highest BCUT2D eigenvalue weighted by Crippen LogP contribution is 2.45. The summed E-state index contributed by atoms with van der Waals surface area (Å²) in [5.41, 5.74) is -1.63. The van der Waals surface area contributed by atoms with Crippen molar-refractivity contribution in [2.45, 2.75) is 0 Å². The Morgan fingerprint density at radius 3 is 1.53 bits per heavy atom. The molecule has 0 aliphatic heterocycles. The van der Waals surface area contributed by atoms with Crippen LogP contribution in [0.2, 0.25) is 0 Å². The van der Waals surface area contributed by atoms with Gasteiger partial charge in [-0.25, -0.2) is 0 Å². The van der Waals surface area contributed by atoms with Gasteiger partial charge in [0.05, 0.1) is 27.4 Å². The van der Waals surface area contributed by atoms with Gasteiger partial charge < -0.3 is 4.42 Å². The van der Waals surface area contributed by atoms with Gasteiger partial charge in [0.25, 0.3) is 0 Å². The molecule has 0 spiro atoms. The van der Waals surface area contributed by atoms with Gasteiger partial charge in [-0.05, 0) is 113 Å². The van der Waals surface area contributed by atoms with Crippen molar-refractivity contribution in [3.8, 4) is 33.4 Å². The minimum atomic E-state index is -0.737. The topological polar surface area (TPSA) is 13.1 Å². The van der Waals surface area contributed by atoms with Crippen LogP contribution in [0.4, 0.5) is 0 Å². The molecule has 0 saturated heterocycles. The SMILES string of the molecule is [2H]c1c([2H])c(-c2c([2H])c([2H])c3c([2H])c([2H])c([2H])c([2H])c3c2[2H])c([2H])c(-c2c3ccccc3c(-c3c([2H])c([2H])c4oc5c([2H])c6c([2H])c([2H])c([2H])c([2H])c6c([2H])c5c4c3[2H])c3ccccc23)c1[2H]. The molecule has 0 fully saturated rings. The average Bonchev–Trinajstić information content (AvgIpc) is 3.73. The molecular weight excluding hydrogens is 569 g/mol. The molecule has 0 aliphatic carbocycles. The lowest BCUT2D eigenvalue weighted by atomic mass is 9.85. The summed E-state index contributed by atoms with van der Waals surface area (Å²) < 4.78 is 184. The van der Waals surface area contributed by atoms with Crippen LogP contribution in [-0.2, 0) is 0 Å². The number of benzene rings is 9. The van der Waals surface area contributed by atoms with E-state index in [4.69, 9.17) is 22.2 Å². The highest BCUT2D eigenvalue weighted by molar-refractivity contribution is 6.22. The van der Waals surface area contributed by atoms with E-state index in [1.807, 2.05) is 0 Å². The number of furan rings is 1. The summed E-state index contributed by atoms with van der Waals surface area (Å²) in [6.45, 7) is 0. The first kappa shape index (κ1) is 13.3. The molecule has 0 aliphatic rings. The lowest BCUT2D eigenvalue weighted by molar-refractivity contribution is 0.669. The van der Waals surface area contributed by atoms with Crippen molar-refractivity contribution in [2.75, 3.05) is 0 Å². The molecule has 10 aromatic rings. The van der Waals surface area contributed by atoms with Gasteiger partial charge in [-0.3, -0.25) is 0 Å². The van der Waals surface area contributed by atoms with Crippen molar-refractivity contribution < 1.29 is 31.8 Å². The normalized spacial score (nSPS) is 17.8. The Morgan fingerprint density at radius 1 is 0.340 bits per heavy atom. The zero-order chi connectivity index (χ0) is 48.3. The second-order valence-electron chi connectivity index (χ2n) is 10.9. The molecular formula is C46H28O. The molecule has 1 heteroatoms. The van der Waals surface area contributed by atoms with Gasteiger partial charge in [-0.15, -0.1) is 0 Å². The second-order valence-corrected chi connectivity index (χ2v) is 10.9. The highest BCUT2D eigenvalue weighted by atomic mass is 16.3. The smallest absolute Gasteiger partial charge is 0.136 e. The Morgan fingerprint density at radius 2 is 0.851 bits per heavy atom. The van der Waals surface area contributed by atoms with Crippen LogP contribution < -0.4 is 0 Å². The van der Waals surface area contributed by atoms with Crippen molar-refractivity contribution in [3.63, 3.8) is 0 Å². The third-order valence-electron chi connectivity index (χ3n) is 8.19. The molecule has 218 valence electrons. The van der Waals surface area contributed by atoms with Crippen molar-refractivity contribution in [1.29, 1.82) is 0 Å². The van der Waals surface area contributed by atoms with Crippen LogP contribution in [0, 0.1) is 0 Å². The largest absolute Gasteiger partial charge is 0.456 e. The van der Waals surface area contributed by atoms with E-state index in [-0.39, 0.29) is 55.0 Å². The number of rotatable bonds is 3. The van der Waals surface area contributed by atoms with E-state index >= 15 is 0 Å². The molecule has 0 saturated carbocycles. The van der Waals surface area contributed by atoms with Crippen LogP contribution in [0.1, 0.15) is 27.4 Å². The van der Waals surface area contributed by atoms with Crippen LogP contribution in [-0.4, -0.2) is 0 Å². The summed E-state index contributed by atoms with van der Waals surface area (Å²) in [5.74, 6) is 0. The van der Waals surface area contributed by atoms with E-state index < -0.39 is 143 Å². The summed E-state index contributed by atoms with van der Waals surface area (Å²) >= 11 is 0. The summed E-state index contributed by atoms with van der Waals surface area (Å²) in [5, 5.41) is -0.505. The van der Waals surface area contributed by atoms with Crippen LogP contribution in [0.25, 0.3) is 98.4 Å². The molecule has 1 aromatic heterocycles. The Balaban J connectivity index is 1.34. The van der Waals surface area contributed by atoms with Crippen LogP contribution in [0.3, 0.4) is 0 Å². The van der Waals surface area contributed by atoms with Crippen molar-refractivity contribution in [2.24, 2.45) is 0 Å². The predicted molar refractivity (Wildman–Crippen MR) is 200 cm³/mol. The minimum absolute atomic E-state index is 0.123. The van der Waals surface area contributed by atoms with Gasteiger partial charge in [-0.2, -0.15) is 0 Å². The minimum Gasteiger partial charge on any atom is -0.456 e. The zero-order valence-corrected chi connectivity index (χ0v) is 24.0. The maximum absolute atomic E-state index is 9.78. The molecule has 0 bridgehead atoms. The van der Waals surface area contributed by atoms with Crippen LogP contribution in [0.15, 0.2) is 174 Å². The first-order chi connectivity index (χ1) is 31.7. The maximum Gasteiger partial charge on any atom is 0.136 e. The van der Waals surface area contributed by atoms with E-state index in [1.54, 1.807) is 48.5 Å². The van der Waals surface area contributed by atoms with Gasteiger partial charge in [-0.1, -0.05) is 133 Å². The number of hydrogen-bond acceptors (Lipinski definition) is 1. The highest BCUT2D eigenvalue weighted by Gasteiger charge is 2.18. The fourth-order valence-electron chi connectivity index (χ4n) is 6.15. The van der Waals surface area contributed by atoms with Crippen LogP contribution >= 0.6 is 0 Å². The first-order valence-electron chi connectivity index (χ1n) is 24.6. The summed E-state index contributed by atoms with van der Waals surface area (Å²) in [6.07, 6.45) is 0. The molecule has 1 nitrogen and oxygen atoms in total. The molecule has 47 heavy (non-hydrogen) atoms. The van der Waals surface area contributed by atoms with Crippen molar-refractivity contribution in [1.82, 2.24) is 0 Å². The van der Waals surface area contributed by atoms with Gasteiger partial charge in [0.2, 0.25) is 0 Å². The van der Waals surface area contributed by atoms with E-state index in [2.05, 4.69) is 0 Å². The lowest BCUT2D eigenvalue weighted by Gasteiger charge is -2.18. The van der Waals surface area contributed by atoms with Gasteiger partial charge in [0, 0.05) is 10.8 Å². The third kappa shape index (κ3) is 4.10. The van der Waals surface area contributed by atoms with E-state index in [9.17, 15) is 9.60 Å². The van der Waals surface area contributed by atoms with Gasteiger partial charge in [0.15, 0.2) is 0 Å². The van der Waals surface area contributed by atoms with E-state index in [0.29, 0.717) is 21.5 Å². The Labute approximate surface area is 300 Å². The molecule has 0 radical (unpaired) electrons. The standard InChI is InChI=1S/C46H28O/c1-2-11-30-24-34(21-20-29(30)10-1)31-14-9-15-35(25-31)45-37-16-5-7-18-39(37)46(40-19-8-6-17-38(40)45)36-22-23-43-41(27-36)42-26-32-12-3-4-13-33(32)28-44(42)47-43/h1-28H/i1D,2D,3D,4D,9D,10D,11D,12D,13D,14D,15D,20D,21D,22D,23D,24D,25D,26D,27D,28D. The first-order valence-corrected chi connectivity index (χ1v) is 14.6. The zero-order valence-electron chi connectivity index (χ0n) is 44.0. The molecule has 9 aromatic carbocycles. The van der Waals surface area contributed by atoms with Gasteiger partial charge in [0.1, 0.15) is 11.2 Å². The van der Waals surface area contributed by atoms with E-state index in [1.165, 1.54) is 0 Å². The molecule has 0 N–H and O–H groups in total. The molecule has 10 rings (SSSR count). The van der Waals surface area contributed by atoms with Crippen molar-refractivity contribution in [3.05, 3.63) is 169 Å².